The Morgan fingerprint density at radius 1 is 1.27 bits per heavy atom. The van der Waals surface area contributed by atoms with E-state index in [2.05, 4.69) is 6.58 Å². The minimum Gasteiger partial charge on any atom is -0.493 e. The summed E-state index contributed by atoms with van der Waals surface area (Å²) in [7, 11) is 1.45. The lowest BCUT2D eigenvalue weighted by Crippen LogP contribution is -2.27. The van der Waals surface area contributed by atoms with Gasteiger partial charge in [-0.15, -0.1) is 6.58 Å². The van der Waals surface area contributed by atoms with Gasteiger partial charge in [0.15, 0.2) is 11.5 Å². The Morgan fingerprint density at radius 3 is 2.63 bits per heavy atom. The first-order valence-electron chi connectivity index (χ1n) is 8.84. The Hall–Kier alpha value is -3.17. The van der Waals surface area contributed by atoms with Crippen LogP contribution < -0.4 is 9.47 Å². The highest BCUT2D eigenvalue weighted by atomic mass is 32.2. The van der Waals surface area contributed by atoms with Crippen LogP contribution in [0, 0.1) is 10.1 Å². The molecule has 30 heavy (non-hydrogen) atoms. The van der Waals surface area contributed by atoms with Crippen molar-refractivity contribution < 1.29 is 19.2 Å². The van der Waals surface area contributed by atoms with Gasteiger partial charge < -0.3 is 9.47 Å². The van der Waals surface area contributed by atoms with E-state index in [1.807, 2.05) is 30.3 Å². The van der Waals surface area contributed by atoms with Crippen molar-refractivity contribution >= 4 is 46.0 Å². The van der Waals surface area contributed by atoms with Gasteiger partial charge in [-0.3, -0.25) is 19.8 Å². The summed E-state index contributed by atoms with van der Waals surface area (Å²) in [5.74, 6) is 0.247. The molecule has 0 bridgehead atoms. The summed E-state index contributed by atoms with van der Waals surface area (Å²) in [4.78, 5) is 25.4. The van der Waals surface area contributed by atoms with Crippen molar-refractivity contribution in [2.75, 3.05) is 13.7 Å². The van der Waals surface area contributed by atoms with Gasteiger partial charge in [-0.1, -0.05) is 60.4 Å². The zero-order chi connectivity index (χ0) is 21.7. The first-order valence-corrected chi connectivity index (χ1v) is 10.1. The maximum absolute atomic E-state index is 12.5. The second-order valence-corrected chi connectivity index (χ2v) is 7.85. The molecule has 1 amide bonds. The maximum Gasteiger partial charge on any atom is 0.280 e. The van der Waals surface area contributed by atoms with Crippen molar-refractivity contribution in [3.05, 3.63) is 81.3 Å². The van der Waals surface area contributed by atoms with Gasteiger partial charge in [0.2, 0.25) is 0 Å². The van der Waals surface area contributed by atoms with E-state index in [-0.39, 0.29) is 36.1 Å². The Balaban J connectivity index is 1.95. The van der Waals surface area contributed by atoms with Gasteiger partial charge in [0.25, 0.3) is 11.6 Å². The Labute approximate surface area is 183 Å². The van der Waals surface area contributed by atoms with Crippen molar-refractivity contribution in [3.63, 3.8) is 0 Å². The van der Waals surface area contributed by atoms with Crippen molar-refractivity contribution in [1.29, 1.82) is 0 Å². The normalized spacial score (nSPS) is 14.8. The predicted octanol–water partition coefficient (Wildman–Crippen LogP) is 4.57. The predicted molar refractivity (Wildman–Crippen MR) is 120 cm³/mol. The van der Waals surface area contributed by atoms with Gasteiger partial charge in [-0.2, -0.15) is 0 Å². The summed E-state index contributed by atoms with van der Waals surface area (Å²) in [5, 5.41) is 11.7. The van der Waals surface area contributed by atoms with Crippen molar-refractivity contribution in [1.82, 2.24) is 4.90 Å². The van der Waals surface area contributed by atoms with Gasteiger partial charge in [0.05, 0.1) is 28.6 Å². The fourth-order valence-corrected chi connectivity index (χ4v) is 4.04. The summed E-state index contributed by atoms with van der Waals surface area (Å²) in [6, 6.07) is 12.2. The molecule has 0 spiro atoms. The average molecular weight is 443 g/mol. The van der Waals surface area contributed by atoms with E-state index in [0.29, 0.717) is 15.0 Å². The highest BCUT2D eigenvalue weighted by molar-refractivity contribution is 8.26. The Morgan fingerprint density at radius 2 is 2.00 bits per heavy atom. The standard InChI is InChI=1S/C21H18N2O5S2/c1-3-9-22-20(24)19(30-21(22)29)11-15-10-17(27-2)18(12-16(15)23(25)26)28-13-14-7-5-4-6-8-14/h3-8,10-12H,1,9,13H2,2H3/b19-11-. The number of methoxy groups -OCH3 is 1. The summed E-state index contributed by atoms with van der Waals surface area (Å²) in [6.45, 7) is 4.12. The summed E-state index contributed by atoms with van der Waals surface area (Å²) >= 11 is 6.30. The molecule has 0 saturated carbocycles. The van der Waals surface area contributed by atoms with Crippen molar-refractivity contribution in [2.45, 2.75) is 6.61 Å². The smallest absolute Gasteiger partial charge is 0.280 e. The highest BCUT2D eigenvalue weighted by Crippen LogP contribution is 2.39. The average Bonchev–Trinajstić information content (AvgIpc) is 3.00. The molecule has 0 aromatic heterocycles. The third-order valence-corrected chi connectivity index (χ3v) is 5.60. The minimum absolute atomic E-state index is 0.201. The van der Waals surface area contributed by atoms with Crippen LogP contribution in [0.3, 0.4) is 0 Å². The summed E-state index contributed by atoms with van der Waals surface area (Å²) in [6.07, 6.45) is 3.02. The molecule has 2 aromatic carbocycles. The molecule has 2 aromatic rings. The molecule has 9 heteroatoms. The number of thioether (sulfide) groups is 1. The third kappa shape index (κ3) is 4.69. The van der Waals surface area contributed by atoms with Crippen molar-refractivity contribution in [2.24, 2.45) is 0 Å². The molecule has 1 heterocycles. The molecule has 154 valence electrons. The highest BCUT2D eigenvalue weighted by Gasteiger charge is 2.32. The molecule has 1 aliphatic heterocycles. The Bertz CT molecular complexity index is 1040. The number of benzene rings is 2. The first-order chi connectivity index (χ1) is 14.4. The SMILES string of the molecule is C=CCN1C(=O)/C(=C/c2cc(OC)c(OCc3ccccc3)cc2[N+](=O)[O-])SC1=S. The molecule has 0 radical (unpaired) electrons. The lowest BCUT2D eigenvalue weighted by Gasteiger charge is -2.12. The third-order valence-electron chi connectivity index (χ3n) is 4.22. The number of hydrogen-bond acceptors (Lipinski definition) is 7. The van der Waals surface area contributed by atoms with Crippen LogP contribution in [0.2, 0.25) is 0 Å². The fourth-order valence-electron chi connectivity index (χ4n) is 2.77. The van der Waals surface area contributed by atoms with Crippen LogP contribution in [0.5, 0.6) is 11.5 Å². The van der Waals surface area contributed by atoms with Crippen LogP contribution in [-0.4, -0.2) is 33.7 Å². The van der Waals surface area contributed by atoms with Gasteiger partial charge in [0.1, 0.15) is 10.9 Å². The molecule has 0 atom stereocenters. The number of nitro groups is 1. The molecular formula is C21H18N2O5S2. The van der Waals surface area contributed by atoms with Gasteiger partial charge in [-0.25, -0.2) is 0 Å². The molecule has 3 rings (SSSR count). The van der Waals surface area contributed by atoms with Crippen LogP contribution in [0.15, 0.2) is 60.0 Å². The molecule has 0 aliphatic carbocycles. The van der Waals surface area contributed by atoms with E-state index >= 15 is 0 Å². The number of carbonyl (C=O) groups excluding carboxylic acids is 1. The number of amides is 1. The zero-order valence-electron chi connectivity index (χ0n) is 16.1. The zero-order valence-corrected chi connectivity index (χ0v) is 17.7. The van der Waals surface area contributed by atoms with Gasteiger partial charge in [0, 0.05) is 6.54 Å². The molecule has 1 fully saturated rings. The van der Waals surface area contributed by atoms with Crippen LogP contribution in [0.1, 0.15) is 11.1 Å². The number of nitro benzene ring substituents is 1. The number of thiocarbonyl (C=S) groups is 1. The molecular weight excluding hydrogens is 424 g/mol. The van der Waals surface area contributed by atoms with E-state index in [9.17, 15) is 14.9 Å². The molecule has 0 N–H and O–H groups in total. The van der Waals surface area contributed by atoms with Gasteiger partial charge in [-0.05, 0) is 17.7 Å². The van der Waals surface area contributed by atoms with Crippen LogP contribution in [0.4, 0.5) is 5.69 Å². The fraction of sp³-hybridized carbons (Fsp3) is 0.143. The number of ether oxygens (including phenoxy) is 2. The van der Waals surface area contributed by atoms with E-state index in [4.69, 9.17) is 21.7 Å². The monoisotopic (exact) mass is 442 g/mol. The molecule has 7 nitrogen and oxygen atoms in total. The molecule has 0 unspecified atom stereocenters. The quantitative estimate of drug-likeness (QED) is 0.195. The largest absolute Gasteiger partial charge is 0.493 e. The summed E-state index contributed by atoms with van der Waals surface area (Å²) in [5.41, 5.74) is 0.938. The van der Waals surface area contributed by atoms with Crippen LogP contribution in [0.25, 0.3) is 6.08 Å². The van der Waals surface area contributed by atoms with Crippen molar-refractivity contribution in [3.8, 4) is 11.5 Å². The second kappa shape index (κ2) is 9.55. The number of carbonyl (C=O) groups is 1. The number of rotatable bonds is 8. The van der Waals surface area contributed by atoms with E-state index in [1.165, 1.54) is 30.2 Å². The van der Waals surface area contributed by atoms with Crippen LogP contribution >= 0.6 is 24.0 Å². The van der Waals surface area contributed by atoms with E-state index in [1.54, 1.807) is 6.08 Å². The molecule has 1 aliphatic rings. The topological polar surface area (TPSA) is 81.9 Å². The number of hydrogen-bond donors (Lipinski definition) is 0. The van der Waals surface area contributed by atoms with E-state index < -0.39 is 4.92 Å². The molecule has 1 saturated heterocycles. The van der Waals surface area contributed by atoms with E-state index in [0.717, 1.165) is 17.3 Å². The second-order valence-electron chi connectivity index (χ2n) is 6.17. The lowest BCUT2D eigenvalue weighted by atomic mass is 10.1. The summed E-state index contributed by atoms with van der Waals surface area (Å²) < 4.78 is 11.5. The van der Waals surface area contributed by atoms with Crippen LogP contribution in [-0.2, 0) is 11.4 Å². The lowest BCUT2D eigenvalue weighted by molar-refractivity contribution is -0.385. The maximum atomic E-state index is 12.5. The first kappa shape index (κ1) is 21.5. The number of nitrogens with zero attached hydrogens (tertiary/aromatic N) is 2. The Kier molecular flexibility index (Phi) is 6.86. The minimum atomic E-state index is -0.523. The van der Waals surface area contributed by atoms with Gasteiger partial charge >= 0.3 is 0 Å².